The van der Waals surface area contributed by atoms with Gasteiger partial charge < -0.3 is 25.2 Å². The van der Waals surface area contributed by atoms with E-state index in [2.05, 4.69) is 10.6 Å². The van der Waals surface area contributed by atoms with E-state index in [-0.39, 0.29) is 42.1 Å². The molecule has 2 heterocycles. The van der Waals surface area contributed by atoms with Crippen molar-refractivity contribution in [3.05, 3.63) is 92.4 Å². The van der Waals surface area contributed by atoms with Gasteiger partial charge in [-0.15, -0.1) is 0 Å². The fraction of sp³-hybridized carbons (Fsp3) is 0.474. The largest absolute Gasteiger partial charge is 0.481 e. The van der Waals surface area contributed by atoms with Gasteiger partial charge in [-0.05, 0) is 117 Å². The summed E-state index contributed by atoms with van der Waals surface area (Å²) < 4.78 is 58.6. The van der Waals surface area contributed by atoms with Crippen LogP contribution in [0.4, 0.5) is 17.6 Å². The molecular weight excluding hydrogens is 668 g/mol. The number of benzene rings is 2. The van der Waals surface area contributed by atoms with Gasteiger partial charge in [0.1, 0.15) is 23.2 Å². The summed E-state index contributed by atoms with van der Waals surface area (Å²) in [4.78, 5) is 54.4. The topological polar surface area (TPSA) is 121 Å². The number of aryl methyl sites for hydroxylation is 3. The van der Waals surface area contributed by atoms with Crippen molar-refractivity contribution in [1.82, 2.24) is 20.1 Å². The van der Waals surface area contributed by atoms with Crippen molar-refractivity contribution in [3.8, 4) is 11.1 Å². The van der Waals surface area contributed by atoms with E-state index in [4.69, 9.17) is 0 Å². The number of halogens is 4. The molecule has 0 bridgehead atoms. The lowest BCUT2D eigenvalue weighted by molar-refractivity contribution is -0.137. The van der Waals surface area contributed by atoms with Crippen LogP contribution in [0.1, 0.15) is 78.7 Å². The first-order valence-electron chi connectivity index (χ1n) is 17.1. The van der Waals surface area contributed by atoms with E-state index in [1.54, 1.807) is 19.9 Å². The number of carbonyl (C=O) groups is 3. The molecule has 1 fully saturated rings. The van der Waals surface area contributed by atoms with E-state index in [1.165, 1.54) is 48.0 Å². The molecule has 0 aliphatic carbocycles. The Bertz CT molecular complexity index is 1810. The van der Waals surface area contributed by atoms with Crippen LogP contribution in [-0.4, -0.2) is 64.0 Å². The van der Waals surface area contributed by atoms with Crippen LogP contribution in [0.3, 0.4) is 0 Å². The average molecular weight is 715 g/mol. The molecule has 0 radical (unpaired) electrons. The molecule has 1 aliphatic rings. The predicted molar refractivity (Wildman–Crippen MR) is 186 cm³/mol. The van der Waals surface area contributed by atoms with Crippen LogP contribution in [0.25, 0.3) is 11.1 Å². The van der Waals surface area contributed by atoms with Crippen molar-refractivity contribution in [2.75, 3.05) is 19.6 Å². The number of nitrogens with one attached hydrogen (secondary N) is 2. The second-order valence-electron chi connectivity index (χ2n) is 14.1. The first-order valence-corrected chi connectivity index (χ1v) is 17.1. The summed E-state index contributed by atoms with van der Waals surface area (Å²) in [6, 6.07) is 5.98. The summed E-state index contributed by atoms with van der Waals surface area (Å²) in [7, 11) is 0. The quantitative estimate of drug-likeness (QED) is 0.172. The molecule has 3 atom stereocenters. The second kappa shape index (κ2) is 16.2. The monoisotopic (exact) mass is 714 g/mol. The van der Waals surface area contributed by atoms with Crippen molar-refractivity contribution < 1.29 is 37.1 Å². The van der Waals surface area contributed by atoms with Gasteiger partial charge in [0.25, 0.3) is 11.5 Å². The number of likely N-dealkylation sites (tertiary alicyclic amines) is 1. The molecule has 51 heavy (non-hydrogen) atoms. The van der Waals surface area contributed by atoms with Gasteiger partial charge in [0.2, 0.25) is 11.8 Å². The Morgan fingerprint density at radius 3 is 2.25 bits per heavy atom. The summed E-state index contributed by atoms with van der Waals surface area (Å²) >= 11 is 0. The van der Waals surface area contributed by atoms with E-state index in [0.717, 1.165) is 6.92 Å². The van der Waals surface area contributed by atoms with Crippen molar-refractivity contribution in [3.63, 3.8) is 0 Å². The molecule has 3 aromatic rings. The summed E-state index contributed by atoms with van der Waals surface area (Å²) in [5.74, 6) is -7.75. The first kappa shape index (κ1) is 39.3. The summed E-state index contributed by atoms with van der Waals surface area (Å²) in [5, 5.41) is 15.0. The fourth-order valence-corrected chi connectivity index (χ4v) is 6.77. The molecule has 0 spiro atoms. The van der Waals surface area contributed by atoms with Gasteiger partial charge in [-0.25, -0.2) is 17.6 Å². The SMILES string of the molecule is Cc1cc(-c2c(C)cc(F)cc2C)cc([C@H](CC(=O)O)NC(=O)[C@H](CC(C)C)NC(=O)c2cccn(CCN3CC[C@@H](C(C)(F)F)C3)c2=O)c1F. The van der Waals surface area contributed by atoms with Gasteiger partial charge in [0.05, 0.1) is 12.5 Å². The Labute approximate surface area is 295 Å². The highest BCUT2D eigenvalue weighted by Crippen LogP contribution is 2.34. The lowest BCUT2D eigenvalue weighted by Crippen LogP contribution is -2.49. The van der Waals surface area contributed by atoms with E-state index >= 15 is 4.39 Å². The molecule has 2 aromatic carbocycles. The van der Waals surface area contributed by atoms with Crippen LogP contribution in [0.5, 0.6) is 0 Å². The van der Waals surface area contributed by atoms with Crippen molar-refractivity contribution in [2.24, 2.45) is 11.8 Å². The summed E-state index contributed by atoms with van der Waals surface area (Å²) in [5.41, 5.74) is 1.59. The van der Waals surface area contributed by atoms with Crippen LogP contribution in [-0.2, 0) is 16.1 Å². The molecule has 2 amide bonds. The standard InChI is InChI=1S/C38H46F4N4O5/c1-21(2)14-31(44-35(49)28-8-7-10-46(37(28)51)13-12-45-11-9-26(20-45)38(6,41)42)36(50)43-30(19-32(47)48)29-18-25(15-24(5)34(29)40)33-22(3)16-27(39)17-23(33)4/h7-8,10,15-18,21,26,30-31H,9,11-14,19-20H2,1-6H3,(H,43,50)(H,44,49)(H,47,48)/t26-,30+,31+/m1/s1. The number of carbonyl (C=O) groups excluding carboxylic acids is 2. The van der Waals surface area contributed by atoms with Gasteiger partial charge in [0.15, 0.2) is 0 Å². The van der Waals surface area contributed by atoms with Crippen molar-refractivity contribution in [2.45, 2.75) is 85.4 Å². The predicted octanol–water partition coefficient (Wildman–Crippen LogP) is 6.17. The van der Waals surface area contributed by atoms with E-state index in [9.17, 15) is 37.5 Å². The summed E-state index contributed by atoms with van der Waals surface area (Å²) in [6.07, 6.45) is 1.28. The van der Waals surface area contributed by atoms with E-state index in [0.29, 0.717) is 41.8 Å². The minimum atomic E-state index is -2.80. The molecule has 276 valence electrons. The normalized spacial score (nSPS) is 16.3. The highest BCUT2D eigenvalue weighted by atomic mass is 19.3. The van der Waals surface area contributed by atoms with Crippen molar-refractivity contribution in [1.29, 1.82) is 0 Å². The molecule has 3 N–H and O–H groups in total. The minimum Gasteiger partial charge on any atom is -0.481 e. The van der Waals surface area contributed by atoms with Crippen LogP contribution in [0.2, 0.25) is 0 Å². The third-order valence-electron chi connectivity index (χ3n) is 9.38. The lowest BCUT2D eigenvalue weighted by atomic mass is 9.90. The number of carboxylic acid groups (broad SMARTS) is 1. The Morgan fingerprint density at radius 2 is 1.67 bits per heavy atom. The van der Waals surface area contributed by atoms with Gasteiger partial charge >= 0.3 is 5.97 Å². The molecule has 0 unspecified atom stereocenters. The maximum Gasteiger partial charge on any atom is 0.305 e. The van der Waals surface area contributed by atoms with Gasteiger partial charge in [-0.2, -0.15) is 0 Å². The number of rotatable bonds is 14. The molecule has 9 nitrogen and oxygen atoms in total. The Morgan fingerprint density at radius 1 is 1.00 bits per heavy atom. The summed E-state index contributed by atoms with van der Waals surface area (Å²) in [6.45, 7) is 10.6. The van der Waals surface area contributed by atoms with E-state index < -0.39 is 65.3 Å². The number of aromatic nitrogens is 1. The first-order chi connectivity index (χ1) is 23.8. The highest BCUT2D eigenvalue weighted by Gasteiger charge is 2.39. The molecule has 4 rings (SSSR count). The number of alkyl halides is 2. The molecular formula is C38H46F4N4O5. The average Bonchev–Trinajstić information content (AvgIpc) is 3.50. The molecule has 1 aliphatic heterocycles. The minimum absolute atomic E-state index is 0.0866. The Hall–Kier alpha value is -4.52. The zero-order chi connectivity index (χ0) is 37.8. The maximum absolute atomic E-state index is 15.7. The van der Waals surface area contributed by atoms with Crippen molar-refractivity contribution >= 4 is 17.8 Å². The van der Waals surface area contributed by atoms with Gasteiger partial charge in [0, 0.05) is 37.3 Å². The zero-order valence-corrected chi connectivity index (χ0v) is 29.8. The molecule has 1 aromatic heterocycles. The number of aliphatic carboxylic acids is 1. The Balaban J connectivity index is 1.57. The van der Waals surface area contributed by atoms with Gasteiger partial charge in [-0.3, -0.25) is 19.2 Å². The highest BCUT2D eigenvalue weighted by molar-refractivity contribution is 5.97. The Kier molecular flexibility index (Phi) is 12.5. The number of nitrogens with zero attached hydrogens (tertiary/aromatic N) is 2. The zero-order valence-electron chi connectivity index (χ0n) is 29.8. The number of carboxylic acids is 1. The third-order valence-corrected chi connectivity index (χ3v) is 9.38. The van der Waals surface area contributed by atoms with Crippen LogP contribution < -0.4 is 16.2 Å². The second-order valence-corrected chi connectivity index (χ2v) is 14.1. The lowest BCUT2D eigenvalue weighted by Gasteiger charge is -2.25. The third kappa shape index (κ3) is 9.84. The smallest absolute Gasteiger partial charge is 0.305 e. The van der Waals surface area contributed by atoms with Gasteiger partial charge in [-0.1, -0.05) is 13.8 Å². The number of hydrogen-bond acceptors (Lipinski definition) is 5. The maximum atomic E-state index is 15.7. The van der Waals surface area contributed by atoms with Crippen LogP contribution >= 0.6 is 0 Å². The fourth-order valence-electron chi connectivity index (χ4n) is 6.77. The number of pyridine rings is 1. The molecule has 1 saturated heterocycles. The van der Waals surface area contributed by atoms with E-state index in [1.807, 2.05) is 18.7 Å². The van der Waals surface area contributed by atoms with Crippen LogP contribution in [0, 0.1) is 44.2 Å². The number of amides is 2. The van der Waals surface area contributed by atoms with Crippen LogP contribution in [0.15, 0.2) is 47.4 Å². The molecule has 13 heteroatoms. The molecule has 0 saturated carbocycles. The number of hydrogen-bond donors (Lipinski definition) is 3.